The molecule has 2 unspecified atom stereocenters. The molecule has 0 radical (unpaired) electrons. The maximum Gasteiger partial charge on any atom is 0.149 e. The molecule has 1 heterocycles. The lowest BCUT2D eigenvalue weighted by Crippen LogP contribution is -2.38. The minimum Gasteiger partial charge on any atom is -0.298 e. The lowest BCUT2D eigenvalue weighted by molar-refractivity contribution is -0.121. The first kappa shape index (κ1) is 10.2. The van der Waals surface area contributed by atoms with Crippen molar-refractivity contribution in [3.8, 4) is 0 Å². The van der Waals surface area contributed by atoms with Gasteiger partial charge in [0.15, 0.2) is 0 Å². The largest absolute Gasteiger partial charge is 0.298 e. The van der Waals surface area contributed by atoms with E-state index in [9.17, 15) is 4.79 Å². The van der Waals surface area contributed by atoms with Gasteiger partial charge in [0.05, 0.1) is 6.04 Å². The van der Waals surface area contributed by atoms with Gasteiger partial charge in [0.25, 0.3) is 0 Å². The first-order chi connectivity index (χ1) is 6.77. The van der Waals surface area contributed by atoms with E-state index in [-0.39, 0.29) is 0 Å². The van der Waals surface area contributed by atoms with Crippen LogP contribution in [0, 0.1) is 5.92 Å². The molecule has 0 aromatic rings. The number of hydrogen-bond acceptors (Lipinski definition) is 2. The van der Waals surface area contributed by atoms with E-state index in [4.69, 9.17) is 0 Å². The van der Waals surface area contributed by atoms with E-state index in [0.717, 1.165) is 38.3 Å². The van der Waals surface area contributed by atoms with Crippen LogP contribution in [-0.4, -0.2) is 29.8 Å². The Kier molecular flexibility index (Phi) is 3.22. The van der Waals surface area contributed by atoms with E-state index in [0.29, 0.717) is 11.8 Å². The molecule has 1 saturated carbocycles. The molecule has 0 bridgehead atoms. The van der Waals surface area contributed by atoms with E-state index in [1.807, 2.05) is 0 Å². The molecule has 1 aliphatic carbocycles. The monoisotopic (exact) mass is 195 g/mol. The summed E-state index contributed by atoms with van der Waals surface area (Å²) in [6, 6.07) is 0.292. The number of rotatable bonds is 1. The van der Waals surface area contributed by atoms with Gasteiger partial charge in [-0.2, -0.15) is 0 Å². The van der Waals surface area contributed by atoms with Gasteiger partial charge in [-0.05, 0) is 51.1 Å². The Balaban J connectivity index is 1.93. The zero-order valence-electron chi connectivity index (χ0n) is 9.17. The normalized spacial score (nSPS) is 35.9. The SMILES string of the molecule is CC1CCCN(C2CCCC2=O)CC1. The molecule has 0 N–H and O–H groups in total. The Labute approximate surface area is 86.7 Å². The van der Waals surface area contributed by atoms with Gasteiger partial charge in [0.2, 0.25) is 0 Å². The summed E-state index contributed by atoms with van der Waals surface area (Å²) < 4.78 is 0. The van der Waals surface area contributed by atoms with Crippen LogP contribution in [0.1, 0.15) is 45.4 Å². The second-order valence-electron chi connectivity index (χ2n) is 4.95. The molecule has 0 amide bonds. The number of nitrogens with zero attached hydrogens (tertiary/aromatic N) is 1. The molecule has 0 aromatic heterocycles. The lowest BCUT2D eigenvalue weighted by Gasteiger charge is -2.25. The Morgan fingerprint density at radius 3 is 2.71 bits per heavy atom. The van der Waals surface area contributed by atoms with Crippen LogP contribution in [0.4, 0.5) is 0 Å². The highest BCUT2D eigenvalue weighted by molar-refractivity contribution is 5.85. The third kappa shape index (κ3) is 2.17. The lowest BCUT2D eigenvalue weighted by atomic mass is 10.0. The maximum atomic E-state index is 11.6. The molecule has 80 valence electrons. The number of hydrogen-bond donors (Lipinski definition) is 0. The highest BCUT2D eigenvalue weighted by Gasteiger charge is 2.30. The fourth-order valence-corrected chi connectivity index (χ4v) is 2.78. The molecular formula is C12H21NO. The standard InChI is InChI=1S/C12H21NO/c1-10-4-3-8-13(9-7-10)11-5-2-6-12(11)14/h10-11H,2-9H2,1H3. The minimum atomic E-state index is 0.292. The average molecular weight is 195 g/mol. The molecule has 1 saturated heterocycles. The Morgan fingerprint density at radius 1 is 1.14 bits per heavy atom. The van der Waals surface area contributed by atoms with Gasteiger partial charge >= 0.3 is 0 Å². The number of carbonyl (C=O) groups excluding carboxylic acids is 1. The molecule has 14 heavy (non-hydrogen) atoms. The molecule has 2 atom stereocenters. The quantitative estimate of drug-likeness (QED) is 0.639. The van der Waals surface area contributed by atoms with Crippen molar-refractivity contribution in [2.75, 3.05) is 13.1 Å². The van der Waals surface area contributed by atoms with Gasteiger partial charge in [-0.25, -0.2) is 0 Å². The van der Waals surface area contributed by atoms with Gasteiger partial charge < -0.3 is 0 Å². The summed E-state index contributed by atoms with van der Waals surface area (Å²) in [5, 5.41) is 0. The Hall–Kier alpha value is -0.370. The fourth-order valence-electron chi connectivity index (χ4n) is 2.78. The van der Waals surface area contributed by atoms with Crippen LogP contribution in [0.3, 0.4) is 0 Å². The molecule has 2 nitrogen and oxygen atoms in total. The molecule has 0 aromatic carbocycles. The van der Waals surface area contributed by atoms with E-state index in [1.54, 1.807) is 0 Å². The van der Waals surface area contributed by atoms with Gasteiger partial charge in [-0.3, -0.25) is 9.69 Å². The summed E-state index contributed by atoms with van der Waals surface area (Å²) in [5.74, 6) is 1.36. The molecule has 2 fully saturated rings. The number of likely N-dealkylation sites (tertiary alicyclic amines) is 1. The summed E-state index contributed by atoms with van der Waals surface area (Å²) >= 11 is 0. The van der Waals surface area contributed by atoms with Crippen LogP contribution in [0.15, 0.2) is 0 Å². The van der Waals surface area contributed by atoms with E-state index < -0.39 is 0 Å². The molecule has 2 rings (SSSR count). The van der Waals surface area contributed by atoms with Gasteiger partial charge in [-0.1, -0.05) is 6.92 Å². The van der Waals surface area contributed by atoms with Gasteiger partial charge in [-0.15, -0.1) is 0 Å². The van der Waals surface area contributed by atoms with Crippen molar-refractivity contribution in [2.45, 2.75) is 51.5 Å². The van der Waals surface area contributed by atoms with Crippen molar-refractivity contribution in [2.24, 2.45) is 5.92 Å². The van der Waals surface area contributed by atoms with Gasteiger partial charge in [0, 0.05) is 6.42 Å². The zero-order chi connectivity index (χ0) is 9.97. The van der Waals surface area contributed by atoms with Crippen molar-refractivity contribution < 1.29 is 4.79 Å². The minimum absolute atomic E-state index is 0.292. The number of ketones is 1. The molecule has 2 heteroatoms. The predicted molar refractivity (Wildman–Crippen MR) is 57.2 cm³/mol. The van der Waals surface area contributed by atoms with Crippen LogP contribution < -0.4 is 0 Å². The molecule has 2 aliphatic rings. The third-order valence-electron chi connectivity index (χ3n) is 3.76. The van der Waals surface area contributed by atoms with Crippen LogP contribution in [0.25, 0.3) is 0 Å². The molecule has 0 spiro atoms. The summed E-state index contributed by atoms with van der Waals surface area (Å²) in [6.07, 6.45) is 6.98. The van der Waals surface area contributed by atoms with E-state index >= 15 is 0 Å². The Bertz CT molecular complexity index is 214. The second kappa shape index (κ2) is 4.43. The van der Waals surface area contributed by atoms with Crippen LogP contribution >= 0.6 is 0 Å². The van der Waals surface area contributed by atoms with Crippen LogP contribution in [0.5, 0.6) is 0 Å². The first-order valence-corrected chi connectivity index (χ1v) is 6.04. The highest BCUT2D eigenvalue weighted by atomic mass is 16.1. The predicted octanol–water partition coefficient (Wildman–Crippen LogP) is 2.23. The maximum absolute atomic E-state index is 11.6. The summed E-state index contributed by atoms with van der Waals surface area (Å²) in [7, 11) is 0. The van der Waals surface area contributed by atoms with Gasteiger partial charge in [0.1, 0.15) is 5.78 Å². The third-order valence-corrected chi connectivity index (χ3v) is 3.76. The van der Waals surface area contributed by atoms with Crippen LogP contribution in [0.2, 0.25) is 0 Å². The molecular weight excluding hydrogens is 174 g/mol. The summed E-state index contributed by atoms with van der Waals surface area (Å²) in [4.78, 5) is 14.1. The highest BCUT2D eigenvalue weighted by Crippen LogP contribution is 2.24. The van der Waals surface area contributed by atoms with Crippen molar-refractivity contribution in [1.29, 1.82) is 0 Å². The van der Waals surface area contributed by atoms with Crippen molar-refractivity contribution in [3.63, 3.8) is 0 Å². The summed E-state index contributed by atoms with van der Waals surface area (Å²) in [5.41, 5.74) is 0. The second-order valence-corrected chi connectivity index (χ2v) is 4.95. The average Bonchev–Trinajstić information content (AvgIpc) is 2.46. The summed E-state index contributed by atoms with van der Waals surface area (Å²) in [6.45, 7) is 4.64. The van der Waals surface area contributed by atoms with Crippen LogP contribution in [-0.2, 0) is 4.79 Å². The van der Waals surface area contributed by atoms with E-state index in [2.05, 4.69) is 11.8 Å². The fraction of sp³-hybridized carbons (Fsp3) is 0.917. The topological polar surface area (TPSA) is 20.3 Å². The van der Waals surface area contributed by atoms with Crippen molar-refractivity contribution in [3.05, 3.63) is 0 Å². The van der Waals surface area contributed by atoms with Crippen molar-refractivity contribution in [1.82, 2.24) is 4.90 Å². The zero-order valence-corrected chi connectivity index (χ0v) is 9.17. The number of Topliss-reactive ketones (excluding diaryl/α,β-unsaturated/α-hetero) is 1. The Morgan fingerprint density at radius 2 is 2.00 bits per heavy atom. The van der Waals surface area contributed by atoms with E-state index in [1.165, 1.54) is 19.3 Å². The first-order valence-electron chi connectivity index (χ1n) is 6.04. The molecule has 1 aliphatic heterocycles. The van der Waals surface area contributed by atoms with Crippen molar-refractivity contribution >= 4 is 5.78 Å². The smallest absolute Gasteiger partial charge is 0.149 e. The number of carbonyl (C=O) groups is 1.